The minimum Gasteiger partial charge on any atom is -0.468 e. The molecule has 0 aliphatic heterocycles. The highest BCUT2D eigenvalue weighted by Gasteiger charge is 2.11. The Kier molecular flexibility index (Phi) is 3.58. The van der Waals surface area contributed by atoms with Gasteiger partial charge in [0.25, 0.3) is 0 Å². The number of aromatic amines is 1. The van der Waals surface area contributed by atoms with Gasteiger partial charge in [0.15, 0.2) is 0 Å². The fourth-order valence-corrected chi connectivity index (χ4v) is 2.15. The maximum absolute atomic E-state index is 10.9. The van der Waals surface area contributed by atoms with Crippen molar-refractivity contribution in [2.75, 3.05) is 0 Å². The Balaban J connectivity index is 1.96. The number of hydrogen-bond acceptors (Lipinski definition) is 4. The van der Waals surface area contributed by atoms with Gasteiger partial charge >= 0.3 is 4.87 Å². The Labute approximate surface area is 97.3 Å². The third kappa shape index (κ3) is 2.62. The molecule has 0 saturated carbocycles. The van der Waals surface area contributed by atoms with Crippen LogP contribution in [0, 0.1) is 0 Å². The van der Waals surface area contributed by atoms with Gasteiger partial charge in [0.1, 0.15) is 5.76 Å². The third-order valence-corrected chi connectivity index (χ3v) is 3.12. The highest BCUT2D eigenvalue weighted by atomic mass is 32.1. The first kappa shape index (κ1) is 11.2. The van der Waals surface area contributed by atoms with Gasteiger partial charge in [-0.1, -0.05) is 18.3 Å². The molecule has 1 atom stereocenters. The van der Waals surface area contributed by atoms with Gasteiger partial charge in [0.2, 0.25) is 0 Å². The molecule has 0 spiro atoms. The molecule has 0 aromatic carbocycles. The van der Waals surface area contributed by atoms with E-state index < -0.39 is 0 Å². The second-order valence-corrected chi connectivity index (χ2v) is 4.37. The molecular weight excluding hydrogens is 224 g/mol. The average molecular weight is 238 g/mol. The summed E-state index contributed by atoms with van der Waals surface area (Å²) in [5.41, 5.74) is 0.917. The lowest BCUT2D eigenvalue weighted by Gasteiger charge is -2.13. The molecule has 2 N–H and O–H groups in total. The second-order valence-electron chi connectivity index (χ2n) is 3.53. The summed E-state index contributed by atoms with van der Waals surface area (Å²) in [5, 5.41) is 5.18. The Morgan fingerprint density at radius 3 is 3.06 bits per heavy atom. The van der Waals surface area contributed by atoms with Crippen LogP contribution in [-0.4, -0.2) is 4.98 Å². The molecule has 0 radical (unpaired) electrons. The van der Waals surface area contributed by atoms with Gasteiger partial charge in [-0.15, -0.1) is 0 Å². The third-order valence-electron chi connectivity index (χ3n) is 2.40. The smallest absolute Gasteiger partial charge is 0.304 e. The number of rotatable bonds is 5. The first-order valence-corrected chi connectivity index (χ1v) is 6.11. The van der Waals surface area contributed by atoms with Crippen molar-refractivity contribution < 1.29 is 4.42 Å². The van der Waals surface area contributed by atoms with Crippen LogP contribution in [0.3, 0.4) is 0 Å². The normalized spacial score (nSPS) is 12.8. The Morgan fingerprint density at radius 2 is 2.50 bits per heavy atom. The molecule has 0 aliphatic rings. The SMILES string of the molecule is CCC(NCc1csc(=O)[nH]1)c1ccco1. The molecule has 0 saturated heterocycles. The molecule has 4 nitrogen and oxygen atoms in total. The number of nitrogens with one attached hydrogen (secondary N) is 2. The van der Waals surface area contributed by atoms with Gasteiger partial charge in [-0.2, -0.15) is 0 Å². The van der Waals surface area contributed by atoms with Crippen LogP contribution in [0.25, 0.3) is 0 Å². The fourth-order valence-electron chi connectivity index (χ4n) is 1.57. The van der Waals surface area contributed by atoms with Crippen LogP contribution in [0.5, 0.6) is 0 Å². The summed E-state index contributed by atoms with van der Waals surface area (Å²) in [6.07, 6.45) is 2.62. The quantitative estimate of drug-likeness (QED) is 0.840. The number of aromatic nitrogens is 1. The van der Waals surface area contributed by atoms with Gasteiger partial charge in [-0.05, 0) is 18.6 Å². The summed E-state index contributed by atoms with van der Waals surface area (Å²) in [6.45, 7) is 2.74. The molecule has 0 aliphatic carbocycles. The molecule has 1 unspecified atom stereocenters. The first-order valence-electron chi connectivity index (χ1n) is 5.23. The lowest BCUT2D eigenvalue weighted by atomic mass is 10.1. The number of H-pyrrole nitrogens is 1. The first-order chi connectivity index (χ1) is 7.79. The van der Waals surface area contributed by atoms with Crippen molar-refractivity contribution in [1.82, 2.24) is 10.3 Å². The minimum absolute atomic E-state index is 0.0113. The highest BCUT2D eigenvalue weighted by Crippen LogP contribution is 2.17. The number of furan rings is 1. The minimum atomic E-state index is -0.0113. The van der Waals surface area contributed by atoms with Crippen molar-refractivity contribution in [2.45, 2.75) is 25.9 Å². The predicted molar refractivity (Wildman–Crippen MR) is 63.5 cm³/mol. The van der Waals surface area contributed by atoms with Crippen molar-refractivity contribution >= 4 is 11.3 Å². The molecule has 0 fully saturated rings. The van der Waals surface area contributed by atoms with Gasteiger partial charge in [-0.3, -0.25) is 4.79 Å². The summed E-state index contributed by atoms with van der Waals surface area (Å²) in [4.78, 5) is 13.7. The monoisotopic (exact) mass is 238 g/mol. The maximum atomic E-state index is 10.9. The molecule has 2 rings (SSSR count). The molecule has 2 aromatic heterocycles. The van der Waals surface area contributed by atoms with E-state index in [0.717, 1.165) is 17.9 Å². The van der Waals surface area contributed by atoms with Crippen molar-refractivity contribution in [3.63, 3.8) is 0 Å². The van der Waals surface area contributed by atoms with Gasteiger partial charge < -0.3 is 14.7 Å². The predicted octanol–water partition coefficient (Wildman–Crippen LogP) is 2.27. The number of hydrogen-bond donors (Lipinski definition) is 2. The summed E-state index contributed by atoms with van der Waals surface area (Å²) < 4.78 is 5.35. The number of thiazole rings is 1. The van der Waals surface area contributed by atoms with Crippen molar-refractivity contribution in [2.24, 2.45) is 0 Å². The highest BCUT2D eigenvalue weighted by molar-refractivity contribution is 7.07. The van der Waals surface area contributed by atoms with Crippen LogP contribution in [0.2, 0.25) is 0 Å². The van der Waals surface area contributed by atoms with Crippen LogP contribution in [-0.2, 0) is 6.54 Å². The van der Waals surface area contributed by atoms with Crippen LogP contribution in [0.15, 0.2) is 33.0 Å². The zero-order chi connectivity index (χ0) is 11.4. The zero-order valence-corrected chi connectivity index (χ0v) is 9.84. The Bertz CT molecular complexity index is 472. The van der Waals surface area contributed by atoms with Gasteiger partial charge in [0.05, 0.1) is 12.3 Å². The van der Waals surface area contributed by atoms with E-state index in [2.05, 4.69) is 17.2 Å². The van der Waals surface area contributed by atoms with Crippen molar-refractivity contribution in [1.29, 1.82) is 0 Å². The summed E-state index contributed by atoms with van der Waals surface area (Å²) in [7, 11) is 0. The summed E-state index contributed by atoms with van der Waals surface area (Å²) in [6, 6.07) is 4.03. The van der Waals surface area contributed by atoms with Crippen LogP contribution < -0.4 is 10.2 Å². The Morgan fingerprint density at radius 1 is 1.62 bits per heavy atom. The van der Waals surface area contributed by atoms with Crippen molar-refractivity contribution in [3.8, 4) is 0 Å². The van der Waals surface area contributed by atoms with Crippen LogP contribution in [0.4, 0.5) is 0 Å². The van der Waals surface area contributed by atoms with E-state index in [4.69, 9.17) is 4.42 Å². The second kappa shape index (κ2) is 5.14. The molecule has 2 heterocycles. The van der Waals surface area contributed by atoms with Crippen LogP contribution in [0.1, 0.15) is 30.8 Å². The van der Waals surface area contributed by atoms with E-state index in [1.165, 1.54) is 11.3 Å². The molecule has 5 heteroatoms. The van der Waals surface area contributed by atoms with E-state index >= 15 is 0 Å². The topological polar surface area (TPSA) is 58.0 Å². The molecule has 16 heavy (non-hydrogen) atoms. The van der Waals surface area contributed by atoms with E-state index in [0.29, 0.717) is 6.54 Å². The van der Waals surface area contributed by atoms with E-state index in [-0.39, 0.29) is 10.9 Å². The van der Waals surface area contributed by atoms with E-state index in [9.17, 15) is 4.79 Å². The standard InChI is InChI=1S/C11H14N2O2S/c1-2-9(10-4-3-5-15-10)12-6-8-7-16-11(14)13-8/h3-5,7,9,12H,2,6H2,1H3,(H,13,14). The van der Waals surface area contributed by atoms with E-state index in [1.807, 2.05) is 17.5 Å². The van der Waals surface area contributed by atoms with E-state index in [1.54, 1.807) is 6.26 Å². The molecule has 0 amide bonds. The Hall–Kier alpha value is -1.33. The molecular formula is C11H14N2O2S. The van der Waals surface area contributed by atoms with Gasteiger partial charge in [0, 0.05) is 17.6 Å². The summed E-state index contributed by atoms with van der Waals surface area (Å²) >= 11 is 1.19. The molecule has 0 bridgehead atoms. The largest absolute Gasteiger partial charge is 0.468 e. The zero-order valence-electron chi connectivity index (χ0n) is 9.03. The fraction of sp³-hybridized carbons (Fsp3) is 0.364. The summed E-state index contributed by atoms with van der Waals surface area (Å²) in [5.74, 6) is 0.931. The van der Waals surface area contributed by atoms with Gasteiger partial charge in [-0.25, -0.2) is 0 Å². The lowest BCUT2D eigenvalue weighted by Crippen LogP contribution is -2.20. The molecule has 2 aromatic rings. The van der Waals surface area contributed by atoms with Crippen molar-refractivity contribution in [3.05, 3.63) is 44.9 Å². The lowest BCUT2D eigenvalue weighted by molar-refractivity contribution is 0.402. The van der Waals surface area contributed by atoms with Crippen LogP contribution >= 0.6 is 11.3 Å². The maximum Gasteiger partial charge on any atom is 0.304 e. The average Bonchev–Trinajstić information content (AvgIpc) is 2.91. The molecule has 86 valence electrons.